The lowest BCUT2D eigenvalue weighted by Gasteiger charge is -2.14. The number of amides is 1. The Balaban J connectivity index is 2.80. The van der Waals surface area contributed by atoms with E-state index in [2.05, 4.69) is 21.2 Å². The van der Waals surface area contributed by atoms with Crippen LogP contribution >= 0.6 is 39.1 Å². The van der Waals surface area contributed by atoms with Gasteiger partial charge in [0, 0.05) is 5.02 Å². The Bertz CT molecular complexity index is 396. The van der Waals surface area contributed by atoms with Gasteiger partial charge in [0.1, 0.15) is 0 Å². The van der Waals surface area contributed by atoms with Crippen LogP contribution in [0.25, 0.3) is 0 Å². The third-order valence-corrected chi connectivity index (χ3v) is 4.06. The van der Waals surface area contributed by atoms with Gasteiger partial charge in [-0.25, -0.2) is 0 Å². The van der Waals surface area contributed by atoms with Crippen LogP contribution in [0.2, 0.25) is 10.0 Å². The minimum Gasteiger partial charge on any atom is -0.324 e. The molecule has 1 amide bonds. The van der Waals surface area contributed by atoms with E-state index in [0.29, 0.717) is 15.7 Å². The van der Waals surface area contributed by atoms with E-state index >= 15 is 0 Å². The summed E-state index contributed by atoms with van der Waals surface area (Å²) >= 11 is 15.1. The van der Waals surface area contributed by atoms with E-state index in [-0.39, 0.29) is 16.7 Å². The molecule has 5 heteroatoms. The molecule has 16 heavy (non-hydrogen) atoms. The smallest absolute Gasteiger partial charge is 0.238 e. The summed E-state index contributed by atoms with van der Waals surface area (Å²) in [6, 6.07) is 4.95. The molecule has 0 aliphatic rings. The monoisotopic (exact) mass is 323 g/mol. The van der Waals surface area contributed by atoms with Crippen LogP contribution in [0.4, 0.5) is 5.69 Å². The molecule has 0 spiro atoms. The minimum atomic E-state index is -0.248. The first kappa shape index (κ1) is 13.8. The Morgan fingerprint density at radius 1 is 1.38 bits per heavy atom. The zero-order valence-corrected chi connectivity index (χ0v) is 12.0. The highest BCUT2D eigenvalue weighted by Gasteiger charge is 2.19. The van der Waals surface area contributed by atoms with Crippen LogP contribution in [0.1, 0.15) is 13.8 Å². The first-order valence-electron chi connectivity index (χ1n) is 4.82. The van der Waals surface area contributed by atoms with Gasteiger partial charge in [-0.15, -0.1) is 0 Å². The average Bonchev–Trinajstić information content (AvgIpc) is 2.22. The molecule has 0 bridgehead atoms. The molecule has 1 N–H and O–H groups in total. The Hall–Kier alpha value is -0.250. The van der Waals surface area contributed by atoms with E-state index < -0.39 is 0 Å². The van der Waals surface area contributed by atoms with Crippen molar-refractivity contribution in [2.45, 2.75) is 18.7 Å². The Morgan fingerprint density at radius 3 is 2.56 bits per heavy atom. The number of nitrogens with one attached hydrogen (secondary N) is 1. The van der Waals surface area contributed by atoms with Crippen molar-refractivity contribution in [3.8, 4) is 0 Å². The van der Waals surface area contributed by atoms with Crippen molar-refractivity contribution in [2.75, 3.05) is 5.32 Å². The molecule has 1 aromatic rings. The van der Waals surface area contributed by atoms with Crippen molar-refractivity contribution in [1.82, 2.24) is 0 Å². The molecular formula is C11H12BrCl2NO. The van der Waals surface area contributed by atoms with Gasteiger partial charge in [-0.05, 0) is 24.1 Å². The van der Waals surface area contributed by atoms with Gasteiger partial charge in [0.15, 0.2) is 0 Å². The lowest BCUT2D eigenvalue weighted by molar-refractivity contribution is -0.116. The summed E-state index contributed by atoms with van der Waals surface area (Å²) in [6.45, 7) is 3.91. The van der Waals surface area contributed by atoms with Crippen molar-refractivity contribution in [3.05, 3.63) is 28.2 Å². The number of alkyl halides is 1. The Labute approximate surface area is 113 Å². The second-order valence-corrected chi connectivity index (χ2v) is 5.59. The summed E-state index contributed by atoms with van der Waals surface area (Å²) in [5.41, 5.74) is 0.532. The van der Waals surface area contributed by atoms with E-state index in [4.69, 9.17) is 23.2 Å². The number of hydrogen-bond acceptors (Lipinski definition) is 1. The molecule has 0 radical (unpaired) electrons. The van der Waals surface area contributed by atoms with E-state index in [1.165, 1.54) is 0 Å². The quantitative estimate of drug-likeness (QED) is 0.823. The van der Waals surface area contributed by atoms with Gasteiger partial charge < -0.3 is 5.32 Å². The van der Waals surface area contributed by atoms with E-state index in [0.717, 1.165) is 0 Å². The zero-order valence-electron chi connectivity index (χ0n) is 8.93. The van der Waals surface area contributed by atoms with Crippen LogP contribution < -0.4 is 5.32 Å². The highest BCUT2D eigenvalue weighted by Crippen LogP contribution is 2.26. The Kier molecular flexibility index (Phi) is 5.09. The number of rotatable bonds is 3. The standard InChI is InChI=1S/C11H12BrCl2NO/c1-6(2)10(12)11(16)15-9-5-7(13)3-4-8(9)14/h3-6,10H,1-2H3,(H,15,16)/t10-/m1/s1. The Morgan fingerprint density at radius 2 is 2.00 bits per heavy atom. The van der Waals surface area contributed by atoms with Crippen molar-refractivity contribution in [3.63, 3.8) is 0 Å². The van der Waals surface area contributed by atoms with Gasteiger partial charge in [-0.1, -0.05) is 53.0 Å². The van der Waals surface area contributed by atoms with Gasteiger partial charge in [0.2, 0.25) is 5.91 Å². The van der Waals surface area contributed by atoms with Crippen LogP contribution in [0.3, 0.4) is 0 Å². The largest absolute Gasteiger partial charge is 0.324 e. The van der Waals surface area contributed by atoms with Crippen LogP contribution in [0.15, 0.2) is 18.2 Å². The lowest BCUT2D eigenvalue weighted by Crippen LogP contribution is -2.27. The molecule has 1 rings (SSSR count). The van der Waals surface area contributed by atoms with E-state index in [1.807, 2.05) is 13.8 Å². The number of benzene rings is 1. The van der Waals surface area contributed by atoms with Crippen molar-refractivity contribution in [2.24, 2.45) is 5.92 Å². The van der Waals surface area contributed by atoms with Crippen LogP contribution in [0, 0.1) is 5.92 Å². The zero-order chi connectivity index (χ0) is 12.3. The van der Waals surface area contributed by atoms with Crippen LogP contribution in [-0.4, -0.2) is 10.7 Å². The molecule has 0 unspecified atom stereocenters. The molecule has 0 aliphatic carbocycles. The first-order chi connectivity index (χ1) is 7.41. The van der Waals surface area contributed by atoms with Crippen molar-refractivity contribution < 1.29 is 4.79 Å². The molecule has 0 fully saturated rings. The van der Waals surface area contributed by atoms with Crippen molar-refractivity contribution in [1.29, 1.82) is 0 Å². The van der Waals surface area contributed by atoms with Gasteiger partial charge in [0.05, 0.1) is 15.5 Å². The number of carbonyl (C=O) groups is 1. The molecule has 2 nitrogen and oxygen atoms in total. The highest BCUT2D eigenvalue weighted by atomic mass is 79.9. The van der Waals surface area contributed by atoms with Gasteiger partial charge >= 0.3 is 0 Å². The van der Waals surface area contributed by atoms with E-state index in [9.17, 15) is 4.79 Å². The maximum atomic E-state index is 11.8. The number of halogens is 3. The topological polar surface area (TPSA) is 29.1 Å². The molecule has 0 aliphatic heterocycles. The predicted molar refractivity (Wildman–Crippen MR) is 72.6 cm³/mol. The third kappa shape index (κ3) is 3.65. The third-order valence-electron chi connectivity index (χ3n) is 2.02. The maximum Gasteiger partial charge on any atom is 0.238 e. The SMILES string of the molecule is CC(C)[C@@H](Br)C(=O)Nc1cc(Cl)ccc1Cl. The fourth-order valence-corrected chi connectivity index (χ4v) is 1.55. The fraction of sp³-hybridized carbons (Fsp3) is 0.364. The number of anilines is 1. The molecule has 1 atom stereocenters. The van der Waals surface area contributed by atoms with Crippen molar-refractivity contribution >= 4 is 50.7 Å². The van der Waals surface area contributed by atoms with Gasteiger partial charge in [0.25, 0.3) is 0 Å². The molecule has 0 saturated heterocycles. The predicted octanol–water partition coefficient (Wildman–Crippen LogP) is 4.35. The average molecular weight is 325 g/mol. The molecule has 0 heterocycles. The summed E-state index contributed by atoms with van der Waals surface area (Å²) in [7, 11) is 0. The van der Waals surface area contributed by atoms with Crippen LogP contribution in [0.5, 0.6) is 0 Å². The molecule has 0 saturated carbocycles. The molecule has 88 valence electrons. The van der Waals surface area contributed by atoms with E-state index in [1.54, 1.807) is 18.2 Å². The summed E-state index contributed by atoms with van der Waals surface area (Å²) in [5, 5.41) is 3.74. The summed E-state index contributed by atoms with van der Waals surface area (Å²) in [6.07, 6.45) is 0. The first-order valence-corrected chi connectivity index (χ1v) is 6.49. The number of hydrogen-bond donors (Lipinski definition) is 1. The van der Waals surface area contributed by atoms with Crippen LogP contribution in [-0.2, 0) is 4.79 Å². The minimum absolute atomic E-state index is 0.126. The maximum absolute atomic E-state index is 11.8. The second kappa shape index (κ2) is 5.89. The highest BCUT2D eigenvalue weighted by molar-refractivity contribution is 9.10. The lowest BCUT2D eigenvalue weighted by atomic mass is 10.1. The van der Waals surface area contributed by atoms with Gasteiger partial charge in [-0.3, -0.25) is 4.79 Å². The second-order valence-electron chi connectivity index (χ2n) is 3.76. The summed E-state index contributed by atoms with van der Waals surface area (Å²) < 4.78 is 0. The van der Waals surface area contributed by atoms with Gasteiger partial charge in [-0.2, -0.15) is 0 Å². The molecule has 1 aromatic carbocycles. The normalized spacial score (nSPS) is 12.6. The number of carbonyl (C=O) groups excluding carboxylic acids is 1. The molecule has 0 aromatic heterocycles. The summed E-state index contributed by atoms with van der Waals surface area (Å²) in [5.74, 6) is 0.0807. The molecular weight excluding hydrogens is 313 g/mol. The summed E-state index contributed by atoms with van der Waals surface area (Å²) in [4.78, 5) is 11.5. The fourth-order valence-electron chi connectivity index (χ4n) is 1.10.